The maximum absolute atomic E-state index is 12.7. The van der Waals surface area contributed by atoms with E-state index in [9.17, 15) is 21.6 Å². The molecule has 8 nitrogen and oxygen atoms in total. The van der Waals surface area contributed by atoms with Crippen LogP contribution >= 0.6 is 0 Å². The number of sulfonamides is 2. The molecule has 2 fully saturated rings. The first kappa shape index (κ1) is 21.2. The largest absolute Gasteiger partial charge is 0.351 e. The highest BCUT2D eigenvalue weighted by Gasteiger charge is 2.28. The fourth-order valence-electron chi connectivity index (χ4n) is 3.07. The summed E-state index contributed by atoms with van der Waals surface area (Å²) in [6, 6.07) is 5.79. The fourth-order valence-corrected chi connectivity index (χ4v) is 5.77. The van der Waals surface area contributed by atoms with Gasteiger partial charge in [0, 0.05) is 31.2 Å². The Morgan fingerprint density at radius 3 is 2.21 bits per heavy atom. The normalized spacial score (nSPS) is 19.5. The fraction of sp³-hybridized carbons (Fsp3) is 0.611. The molecule has 1 saturated heterocycles. The van der Waals surface area contributed by atoms with Gasteiger partial charge in [0.25, 0.3) is 5.91 Å². The van der Waals surface area contributed by atoms with Crippen molar-refractivity contribution < 1.29 is 21.6 Å². The van der Waals surface area contributed by atoms with Crippen LogP contribution in [0.3, 0.4) is 0 Å². The molecule has 1 saturated carbocycles. The van der Waals surface area contributed by atoms with E-state index in [0.717, 1.165) is 25.7 Å². The Labute approximate surface area is 166 Å². The lowest BCUT2D eigenvalue weighted by atomic mass is 10.0. The van der Waals surface area contributed by atoms with Crippen LogP contribution in [0, 0.1) is 5.92 Å². The Hall–Kier alpha value is -1.49. The van der Waals surface area contributed by atoms with Gasteiger partial charge in [-0.25, -0.2) is 21.6 Å². The summed E-state index contributed by atoms with van der Waals surface area (Å²) in [5, 5.41) is 2.56. The lowest BCUT2D eigenvalue weighted by Gasteiger charge is -2.29. The molecule has 0 bridgehead atoms. The minimum absolute atomic E-state index is 0.00704. The highest BCUT2D eigenvalue weighted by Crippen LogP contribution is 2.23. The average molecular weight is 430 g/mol. The van der Waals surface area contributed by atoms with E-state index in [0.29, 0.717) is 24.6 Å². The molecule has 10 heteroatoms. The summed E-state index contributed by atoms with van der Waals surface area (Å²) >= 11 is 0. The molecule has 1 aromatic rings. The number of piperidine rings is 1. The molecule has 156 valence electrons. The van der Waals surface area contributed by atoms with E-state index >= 15 is 0 Å². The van der Waals surface area contributed by atoms with E-state index in [1.54, 1.807) is 0 Å². The third-order valence-corrected chi connectivity index (χ3v) is 8.42. The molecule has 0 spiro atoms. The van der Waals surface area contributed by atoms with E-state index in [1.807, 2.05) is 0 Å². The van der Waals surface area contributed by atoms with Gasteiger partial charge in [-0.05, 0) is 55.9 Å². The maximum Gasteiger partial charge on any atom is 0.251 e. The lowest BCUT2D eigenvalue weighted by Crippen LogP contribution is -2.38. The summed E-state index contributed by atoms with van der Waals surface area (Å²) in [7, 11) is -6.94. The van der Waals surface area contributed by atoms with Crippen LogP contribution in [0.2, 0.25) is 0 Å². The van der Waals surface area contributed by atoms with Gasteiger partial charge in [0.15, 0.2) is 0 Å². The molecule has 1 amide bonds. The van der Waals surface area contributed by atoms with Gasteiger partial charge >= 0.3 is 0 Å². The van der Waals surface area contributed by atoms with Crippen LogP contribution < -0.4 is 10.0 Å². The Bertz CT molecular complexity index is 901. The predicted octanol–water partition coefficient (Wildman–Crippen LogP) is 0.919. The van der Waals surface area contributed by atoms with Crippen LogP contribution in [-0.4, -0.2) is 58.5 Å². The van der Waals surface area contributed by atoms with Gasteiger partial charge in [-0.1, -0.05) is 6.92 Å². The molecule has 1 aliphatic carbocycles. The predicted molar refractivity (Wildman–Crippen MR) is 106 cm³/mol. The monoisotopic (exact) mass is 429 g/mol. The van der Waals surface area contributed by atoms with Crippen LogP contribution in [0.1, 0.15) is 43.0 Å². The summed E-state index contributed by atoms with van der Waals surface area (Å²) in [5.74, 6) is -0.0899. The van der Waals surface area contributed by atoms with Gasteiger partial charge < -0.3 is 5.32 Å². The molecule has 0 aromatic heterocycles. The number of nitrogens with one attached hydrogen (secondary N) is 2. The highest BCUT2D eigenvalue weighted by molar-refractivity contribution is 7.89. The van der Waals surface area contributed by atoms with E-state index in [1.165, 1.54) is 28.6 Å². The van der Waals surface area contributed by atoms with Crippen LogP contribution in [0.4, 0.5) is 0 Å². The third kappa shape index (κ3) is 5.53. The minimum atomic E-state index is -3.56. The van der Waals surface area contributed by atoms with Crippen molar-refractivity contribution in [2.45, 2.75) is 43.5 Å². The van der Waals surface area contributed by atoms with Crippen molar-refractivity contribution in [1.82, 2.24) is 14.3 Å². The van der Waals surface area contributed by atoms with E-state index in [4.69, 9.17) is 0 Å². The van der Waals surface area contributed by atoms with Gasteiger partial charge in [0.1, 0.15) is 0 Å². The van der Waals surface area contributed by atoms with Gasteiger partial charge in [0.05, 0.1) is 10.6 Å². The molecule has 1 aromatic carbocycles. The van der Waals surface area contributed by atoms with Gasteiger partial charge in [-0.15, -0.1) is 0 Å². The number of carbonyl (C=O) groups excluding carboxylic acids is 1. The van der Waals surface area contributed by atoms with Crippen molar-refractivity contribution in [3.8, 4) is 0 Å². The van der Waals surface area contributed by atoms with Gasteiger partial charge in [0.2, 0.25) is 20.0 Å². The smallest absolute Gasteiger partial charge is 0.251 e. The number of hydrogen-bond acceptors (Lipinski definition) is 5. The quantitative estimate of drug-likeness (QED) is 0.638. The van der Waals surface area contributed by atoms with Crippen molar-refractivity contribution in [1.29, 1.82) is 0 Å². The number of hydrogen-bond donors (Lipinski definition) is 2. The summed E-state index contributed by atoms with van der Waals surface area (Å²) in [5.41, 5.74) is 0.291. The van der Waals surface area contributed by atoms with E-state index in [2.05, 4.69) is 17.0 Å². The summed E-state index contributed by atoms with van der Waals surface area (Å²) < 4.78 is 53.0. The second kappa shape index (κ2) is 8.48. The second-order valence-electron chi connectivity index (χ2n) is 7.58. The van der Waals surface area contributed by atoms with Gasteiger partial charge in [-0.2, -0.15) is 4.31 Å². The minimum Gasteiger partial charge on any atom is -0.351 e. The van der Waals surface area contributed by atoms with E-state index in [-0.39, 0.29) is 23.2 Å². The molecule has 0 atom stereocenters. The molecule has 0 unspecified atom stereocenters. The molecular formula is C18H27N3O5S2. The number of nitrogens with zero attached hydrogens (tertiary/aromatic N) is 1. The number of benzene rings is 1. The molecule has 2 N–H and O–H groups in total. The molecule has 28 heavy (non-hydrogen) atoms. The van der Waals surface area contributed by atoms with Crippen LogP contribution in [0.25, 0.3) is 0 Å². The van der Waals surface area contributed by atoms with Gasteiger partial charge in [-0.3, -0.25) is 4.79 Å². The topological polar surface area (TPSA) is 113 Å². The zero-order valence-electron chi connectivity index (χ0n) is 15.9. The molecule has 1 aliphatic heterocycles. The van der Waals surface area contributed by atoms with Crippen LogP contribution in [0.5, 0.6) is 0 Å². The van der Waals surface area contributed by atoms with Crippen molar-refractivity contribution >= 4 is 26.0 Å². The Morgan fingerprint density at radius 1 is 1.04 bits per heavy atom. The number of amides is 1. The van der Waals surface area contributed by atoms with Crippen molar-refractivity contribution in [3.63, 3.8) is 0 Å². The van der Waals surface area contributed by atoms with Crippen molar-refractivity contribution in [2.24, 2.45) is 5.92 Å². The zero-order valence-corrected chi connectivity index (χ0v) is 17.6. The first-order valence-electron chi connectivity index (χ1n) is 9.56. The maximum atomic E-state index is 12.7. The Morgan fingerprint density at radius 2 is 1.64 bits per heavy atom. The summed E-state index contributed by atoms with van der Waals surface area (Å²) in [6.07, 6.45) is 3.41. The molecule has 0 radical (unpaired) electrons. The van der Waals surface area contributed by atoms with Crippen LogP contribution in [-0.2, 0) is 20.0 Å². The Balaban J connectivity index is 1.55. The van der Waals surface area contributed by atoms with Crippen molar-refractivity contribution in [2.75, 3.05) is 25.4 Å². The number of rotatable bonds is 8. The molecular weight excluding hydrogens is 402 g/mol. The highest BCUT2D eigenvalue weighted by atomic mass is 32.2. The number of carbonyl (C=O) groups is 1. The summed E-state index contributed by atoms with van der Waals surface area (Å²) in [4.78, 5) is 12.3. The average Bonchev–Trinajstić information content (AvgIpc) is 3.45. The SMILES string of the molecule is CC1CCN(S(=O)(=O)c2ccc(C(=O)NCCS(=O)(=O)NC3CC3)cc2)CC1. The standard InChI is InChI=1S/C18H27N3O5S2/c1-14-8-11-21(12-9-14)28(25,26)17-6-2-15(3-7-17)18(22)19-10-13-27(23,24)20-16-4-5-16/h2-3,6-7,14,16,20H,4-5,8-13H2,1H3,(H,19,22). The van der Waals surface area contributed by atoms with E-state index < -0.39 is 26.0 Å². The Kier molecular flexibility index (Phi) is 6.43. The molecule has 1 heterocycles. The third-order valence-electron chi connectivity index (χ3n) is 5.08. The first-order chi connectivity index (χ1) is 13.2. The first-order valence-corrected chi connectivity index (χ1v) is 12.6. The van der Waals surface area contributed by atoms with Crippen LogP contribution in [0.15, 0.2) is 29.2 Å². The zero-order chi connectivity index (χ0) is 20.4. The van der Waals surface area contributed by atoms with Crippen molar-refractivity contribution in [3.05, 3.63) is 29.8 Å². The molecule has 3 rings (SSSR count). The second-order valence-corrected chi connectivity index (χ2v) is 11.4. The molecule has 2 aliphatic rings. The summed E-state index contributed by atoms with van der Waals surface area (Å²) in [6.45, 7) is 3.13. The lowest BCUT2D eigenvalue weighted by molar-refractivity contribution is 0.0956.